The molecule has 0 unspecified atom stereocenters. The van der Waals surface area contributed by atoms with Gasteiger partial charge in [0.05, 0.1) is 10.9 Å². The molecule has 0 saturated carbocycles. The van der Waals surface area contributed by atoms with E-state index in [1.165, 1.54) is 16.6 Å². The molecule has 0 bridgehead atoms. The van der Waals surface area contributed by atoms with Crippen molar-refractivity contribution in [1.29, 1.82) is 0 Å². The van der Waals surface area contributed by atoms with Gasteiger partial charge in [-0.25, -0.2) is 9.97 Å². The molecule has 102 valence electrons. The molecule has 4 nitrogen and oxygen atoms in total. The van der Waals surface area contributed by atoms with Crippen LogP contribution in [0, 0.1) is 0 Å². The molecular formula is C12H15ClN4S2. The minimum atomic E-state index is 0.716. The average molecular weight is 315 g/mol. The third-order valence-corrected chi connectivity index (χ3v) is 4.10. The van der Waals surface area contributed by atoms with Crippen molar-refractivity contribution in [2.75, 3.05) is 23.4 Å². The summed E-state index contributed by atoms with van der Waals surface area (Å²) in [5.41, 5.74) is 0. The lowest BCUT2D eigenvalue weighted by Crippen LogP contribution is -2.05. The number of anilines is 2. The lowest BCUT2D eigenvalue weighted by atomic mass is 10.4. The first-order chi connectivity index (χ1) is 9.21. The Morgan fingerprint density at radius 1 is 1.26 bits per heavy atom. The maximum absolute atomic E-state index is 5.91. The number of aromatic nitrogens is 2. The molecule has 0 aliphatic rings. The van der Waals surface area contributed by atoms with E-state index in [9.17, 15) is 0 Å². The summed E-state index contributed by atoms with van der Waals surface area (Å²) in [6.07, 6.45) is 1.97. The smallest absolute Gasteiger partial charge is 0.191 e. The topological polar surface area (TPSA) is 49.8 Å². The second-order valence-electron chi connectivity index (χ2n) is 3.71. The van der Waals surface area contributed by atoms with Crippen LogP contribution in [0.1, 0.15) is 11.8 Å². The van der Waals surface area contributed by atoms with Gasteiger partial charge in [0.2, 0.25) is 0 Å². The van der Waals surface area contributed by atoms with E-state index in [0.29, 0.717) is 6.54 Å². The number of thioether (sulfide) groups is 1. The van der Waals surface area contributed by atoms with Crippen LogP contribution in [0.3, 0.4) is 0 Å². The standard InChI is InChI=1S/C12H15ClN4S2/c1-3-14-10-6-11(17-12(16-10)18-2)15-7-8-4-5-9(13)19-8/h4-6H,3,7H2,1-2H3,(H2,14,15,16,17). The SMILES string of the molecule is CCNc1cc(NCc2ccc(Cl)s2)nc(SC)n1. The number of hydrogen-bond donors (Lipinski definition) is 2. The Labute approximate surface area is 126 Å². The Hall–Kier alpha value is -0.980. The van der Waals surface area contributed by atoms with E-state index in [2.05, 4.69) is 20.6 Å². The number of hydrogen-bond acceptors (Lipinski definition) is 6. The summed E-state index contributed by atoms with van der Waals surface area (Å²) in [5, 5.41) is 7.25. The van der Waals surface area contributed by atoms with E-state index in [0.717, 1.165) is 27.7 Å². The molecule has 0 amide bonds. The molecule has 0 atom stereocenters. The molecule has 0 saturated heterocycles. The molecule has 2 aromatic rings. The van der Waals surface area contributed by atoms with Crippen LogP contribution in [0.5, 0.6) is 0 Å². The van der Waals surface area contributed by atoms with E-state index >= 15 is 0 Å². The molecule has 0 aliphatic heterocycles. The highest BCUT2D eigenvalue weighted by atomic mass is 35.5. The summed E-state index contributed by atoms with van der Waals surface area (Å²) in [6.45, 7) is 3.60. The van der Waals surface area contributed by atoms with Gasteiger partial charge in [0, 0.05) is 17.5 Å². The number of halogens is 1. The van der Waals surface area contributed by atoms with Gasteiger partial charge in [-0.05, 0) is 25.3 Å². The molecule has 2 heterocycles. The molecule has 2 aromatic heterocycles. The normalized spacial score (nSPS) is 10.5. The zero-order chi connectivity index (χ0) is 13.7. The van der Waals surface area contributed by atoms with Gasteiger partial charge in [-0.2, -0.15) is 0 Å². The third kappa shape index (κ3) is 4.26. The summed E-state index contributed by atoms with van der Waals surface area (Å²) >= 11 is 9.01. The van der Waals surface area contributed by atoms with Gasteiger partial charge in [-0.15, -0.1) is 11.3 Å². The molecule has 0 aromatic carbocycles. The zero-order valence-corrected chi connectivity index (χ0v) is 13.1. The molecule has 7 heteroatoms. The molecule has 0 fully saturated rings. The van der Waals surface area contributed by atoms with Crippen molar-refractivity contribution in [3.8, 4) is 0 Å². The van der Waals surface area contributed by atoms with Crippen LogP contribution in [0.15, 0.2) is 23.4 Å². The minimum Gasteiger partial charge on any atom is -0.370 e. The summed E-state index contributed by atoms with van der Waals surface area (Å²) < 4.78 is 0.803. The zero-order valence-electron chi connectivity index (χ0n) is 10.7. The van der Waals surface area contributed by atoms with Gasteiger partial charge in [-0.3, -0.25) is 0 Å². The van der Waals surface area contributed by atoms with Crippen LogP contribution >= 0.6 is 34.7 Å². The molecule has 0 aliphatic carbocycles. The lowest BCUT2D eigenvalue weighted by Gasteiger charge is -2.09. The predicted molar refractivity (Wildman–Crippen MR) is 84.6 cm³/mol. The van der Waals surface area contributed by atoms with Gasteiger partial charge in [0.25, 0.3) is 0 Å². The summed E-state index contributed by atoms with van der Waals surface area (Å²) in [4.78, 5) is 9.99. The van der Waals surface area contributed by atoms with E-state index in [4.69, 9.17) is 11.6 Å². The van der Waals surface area contributed by atoms with Crippen LogP contribution < -0.4 is 10.6 Å². The maximum Gasteiger partial charge on any atom is 0.191 e. The number of nitrogens with zero attached hydrogens (tertiary/aromatic N) is 2. The van der Waals surface area contributed by atoms with Crippen molar-refractivity contribution in [2.45, 2.75) is 18.6 Å². The summed E-state index contributed by atoms with van der Waals surface area (Å²) in [5.74, 6) is 1.66. The molecule has 2 N–H and O–H groups in total. The van der Waals surface area contributed by atoms with E-state index < -0.39 is 0 Å². The van der Waals surface area contributed by atoms with Gasteiger partial charge >= 0.3 is 0 Å². The number of nitrogens with one attached hydrogen (secondary N) is 2. The summed E-state index contributed by atoms with van der Waals surface area (Å²) in [7, 11) is 0. The minimum absolute atomic E-state index is 0.716. The highest BCUT2D eigenvalue weighted by molar-refractivity contribution is 7.98. The van der Waals surface area contributed by atoms with Crippen molar-refractivity contribution in [3.05, 3.63) is 27.4 Å². The first kappa shape index (κ1) is 14.4. The monoisotopic (exact) mass is 314 g/mol. The van der Waals surface area contributed by atoms with Crippen molar-refractivity contribution >= 4 is 46.3 Å². The Bertz CT molecular complexity index is 544. The molecule has 2 rings (SSSR count). The van der Waals surface area contributed by atoms with Crippen molar-refractivity contribution in [1.82, 2.24) is 9.97 Å². The molecule has 19 heavy (non-hydrogen) atoms. The van der Waals surface area contributed by atoms with Gasteiger partial charge in [-0.1, -0.05) is 23.4 Å². The van der Waals surface area contributed by atoms with E-state index in [1.54, 1.807) is 11.3 Å². The third-order valence-electron chi connectivity index (χ3n) is 2.32. The predicted octanol–water partition coefficient (Wildman–Crippen LogP) is 3.96. The highest BCUT2D eigenvalue weighted by Crippen LogP contribution is 2.23. The van der Waals surface area contributed by atoms with Gasteiger partial charge in [0.1, 0.15) is 11.6 Å². The second kappa shape index (κ2) is 6.98. The van der Waals surface area contributed by atoms with Crippen LogP contribution in [-0.2, 0) is 6.54 Å². The molecule has 0 radical (unpaired) electrons. The fourth-order valence-corrected chi connectivity index (χ4v) is 2.91. The lowest BCUT2D eigenvalue weighted by molar-refractivity contribution is 0.952. The maximum atomic E-state index is 5.91. The first-order valence-corrected chi connectivity index (χ1v) is 8.28. The second-order valence-corrected chi connectivity index (χ2v) is 6.29. The van der Waals surface area contributed by atoms with Crippen LogP contribution in [-0.4, -0.2) is 22.8 Å². The molecule has 0 spiro atoms. The fraction of sp³-hybridized carbons (Fsp3) is 0.333. The van der Waals surface area contributed by atoms with Crippen molar-refractivity contribution < 1.29 is 0 Å². The van der Waals surface area contributed by atoms with Crippen LogP contribution in [0.25, 0.3) is 0 Å². The summed E-state index contributed by atoms with van der Waals surface area (Å²) in [6, 6.07) is 5.83. The van der Waals surface area contributed by atoms with E-state index in [-0.39, 0.29) is 0 Å². The number of thiophene rings is 1. The van der Waals surface area contributed by atoms with Crippen molar-refractivity contribution in [3.63, 3.8) is 0 Å². The van der Waals surface area contributed by atoms with Gasteiger partial charge < -0.3 is 10.6 Å². The average Bonchev–Trinajstić information content (AvgIpc) is 2.82. The fourth-order valence-electron chi connectivity index (χ4n) is 1.50. The van der Waals surface area contributed by atoms with Crippen LogP contribution in [0.2, 0.25) is 4.34 Å². The van der Waals surface area contributed by atoms with Gasteiger partial charge in [0.15, 0.2) is 5.16 Å². The van der Waals surface area contributed by atoms with Crippen LogP contribution in [0.4, 0.5) is 11.6 Å². The highest BCUT2D eigenvalue weighted by Gasteiger charge is 2.04. The van der Waals surface area contributed by atoms with Crippen molar-refractivity contribution in [2.24, 2.45) is 0 Å². The first-order valence-electron chi connectivity index (χ1n) is 5.86. The molecular weight excluding hydrogens is 300 g/mol. The Kier molecular flexibility index (Phi) is 5.30. The van der Waals surface area contributed by atoms with E-state index in [1.807, 2.05) is 31.4 Å². The number of rotatable bonds is 6. The Morgan fingerprint density at radius 3 is 2.58 bits per heavy atom. The Balaban J connectivity index is 2.08. The quantitative estimate of drug-likeness (QED) is 0.624. The Morgan fingerprint density at radius 2 is 2.00 bits per heavy atom. The largest absolute Gasteiger partial charge is 0.370 e.